The van der Waals surface area contributed by atoms with Crippen molar-refractivity contribution in [3.8, 4) is 11.5 Å². The van der Waals surface area contributed by atoms with Crippen LogP contribution in [0.1, 0.15) is 86.9 Å². The monoisotopic (exact) mass is 754 g/mol. The van der Waals surface area contributed by atoms with Crippen molar-refractivity contribution in [2.24, 2.45) is 22.7 Å². The van der Waals surface area contributed by atoms with E-state index in [1.165, 1.54) is 0 Å². The van der Waals surface area contributed by atoms with Gasteiger partial charge in [-0.15, -0.1) is 0 Å². The van der Waals surface area contributed by atoms with Gasteiger partial charge in [-0.1, -0.05) is 110 Å². The first-order valence-corrected chi connectivity index (χ1v) is 16.8. The van der Waals surface area contributed by atoms with E-state index in [9.17, 15) is 19.2 Å². The standard InChI is InChI=1S/C32H32Cl6O8/c1-15-5-7-31(3,11-15)13-43-27(39)21-23(37)17(33)9-19(35)25(21)45-29(41)30(42)46-26-20(36)10-18(34)24(38)22(26)28(40)44-14-32(4)8-6-16(2)12-32/h9-10,15-16H,5-8,11-14H2,1-4H3/t15?,16?,31-,32?/m0/s1. The van der Waals surface area contributed by atoms with Crippen LogP contribution in [0, 0.1) is 22.7 Å². The Balaban J connectivity index is 1.55. The van der Waals surface area contributed by atoms with Gasteiger partial charge in [0.1, 0.15) is 11.1 Å². The molecule has 0 spiro atoms. The highest BCUT2D eigenvalue weighted by Gasteiger charge is 2.38. The van der Waals surface area contributed by atoms with Crippen LogP contribution in [0.5, 0.6) is 11.5 Å². The van der Waals surface area contributed by atoms with E-state index in [1.807, 2.05) is 13.8 Å². The summed E-state index contributed by atoms with van der Waals surface area (Å²) in [5.41, 5.74) is -1.42. The fraction of sp³-hybridized carbons (Fsp3) is 0.500. The molecule has 46 heavy (non-hydrogen) atoms. The third-order valence-corrected chi connectivity index (χ3v) is 10.6. The van der Waals surface area contributed by atoms with Gasteiger partial charge in [-0.2, -0.15) is 0 Å². The zero-order valence-corrected chi connectivity index (χ0v) is 30.0. The molecule has 2 fully saturated rings. The zero-order chi connectivity index (χ0) is 34.1. The first-order chi connectivity index (χ1) is 21.4. The van der Waals surface area contributed by atoms with Crippen LogP contribution in [0.25, 0.3) is 0 Å². The summed E-state index contributed by atoms with van der Waals surface area (Å²) in [7, 11) is 0. The van der Waals surface area contributed by atoms with E-state index in [4.69, 9.17) is 88.6 Å². The molecule has 14 heteroatoms. The molecule has 2 aromatic carbocycles. The quantitative estimate of drug-likeness (QED) is 0.113. The van der Waals surface area contributed by atoms with Crippen molar-refractivity contribution in [2.45, 2.75) is 66.2 Å². The van der Waals surface area contributed by atoms with Crippen LogP contribution in [0.3, 0.4) is 0 Å². The molecule has 0 heterocycles. The van der Waals surface area contributed by atoms with Crippen LogP contribution in [0.15, 0.2) is 12.1 Å². The van der Waals surface area contributed by atoms with E-state index in [1.54, 1.807) is 0 Å². The van der Waals surface area contributed by atoms with Crippen LogP contribution >= 0.6 is 69.6 Å². The van der Waals surface area contributed by atoms with Gasteiger partial charge in [-0.05, 0) is 49.7 Å². The van der Waals surface area contributed by atoms with Gasteiger partial charge in [-0.3, -0.25) is 0 Å². The second-order valence-electron chi connectivity index (χ2n) is 13.0. The molecule has 0 aliphatic heterocycles. The Morgan fingerprint density at radius 1 is 0.652 bits per heavy atom. The summed E-state index contributed by atoms with van der Waals surface area (Å²) in [6.45, 7) is 8.37. The van der Waals surface area contributed by atoms with Crippen molar-refractivity contribution in [2.75, 3.05) is 13.2 Å². The van der Waals surface area contributed by atoms with E-state index in [0.717, 1.165) is 50.7 Å². The number of halogens is 6. The highest BCUT2D eigenvalue weighted by molar-refractivity contribution is 6.47. The lowest BCUT2D eigenvalue weighted by Crippen LogP contribution is -2.28. The second kappa shape index (κ2) is 14.7. The Hall–Kier alpha value is -1.94. The molecule has 0 radical (unpaired) electrons. The molecule has 0 bridgehead atoms. The van der Waals surface area contributed by atoms with Gasteiger partial charge >= 0.3 is 23.9 Å². The Kier molecular flexibility index (Phi) is 11.8. The molecule has 0 amide bonds. The highest BCUT2D eigenvalue weighted by Crippen LogP contribution is 2.45. The Morgan fingerprint density at radius 3 is 1.30 bits per heavy atom. The smallest absolute Gasteiger partial charge is 0.423 e. The molecule has 250 valence electrons. The molecule has 3 unspecified atom stereocenters. The lowest BCUT2D eigenvalue weighted by molar-refractivity contribution is -0.156. The molecule has 4 atom stereocenters. The maximum absolute atomic E-state index is 13.2. The number of ether oxygens (including phenoxy) is 4. The van der Waals surface area contributed by atoms with Crippen LogP contribution in [0.4, 0.5) is 0 Å². The molecule has 2 aromatic rings. The number of hydrogen-bond donors (Lipinski definition) is 0. The average Bonchev–Trinajstić information content (AvgIpc) is 3.51. The van der Waals surface area contributed by atoms with Crippen molar-refractivity contribution in [3.05, 3.63) is 53.4 Å². The van der Waals surface area contributed by atoms with E-state index in [2.05, 4.69) is 13.8 Å². The Bertz CT molecular complexity index is 1460. The first kappa shape index (κ1) is 36.9. The number of rotatable bonds is 8. The van der Waals surface area contributed by atoms with Crippen molar-refractivity contribution in [1.82, 2.24) is 0 Å². The number of esters is 4. The topological polar surface area (TPSA) is 105 Å². The predicted octanol–water partition coefficient (Wildman–Crippen LogP) is 10.1. The fourth-order valence-corrected chi connectivity index (χ4v) is 7.60. The van der Waals surface area contributed by atoms with Gasteiger partial charge in [0, 0.05) is 10.8 Å². The minimum Gasteiger partial charge on any atom is -0.461 e. The van der Waals surface area contributed by atoms with Gasteiger partial charge in [-0.25, -0.2) is 19.2 Å². The highest BCUT2D eigenvalue weighted by atomic mass is 35.5. The number of carbonyl (C=O) groups is 4. The first-order valence-electron chi connectivity index (χ1n) is 14.6. The van der Waals surface area contributed by atoms with Gasteiger partial charge < -0.3 is 18.9 Å². The van der Waals surface area contributed by atoms with Gasteiger partial charge in [0.05, 0.1) is 43.3 Å². The third kappa shape index (κ3) is 8.37. The molecule has 2 aliphatic rings. The second-order valence-corrected chi connectivity index (χ2v) is 15.3. The van der Waals surface area contributed by atoms with Gasteiger partial charge in [0.25, 0.3) is 0 Å². The maximum atomic E-state index is 13.2. The fourth-order valence-electron chi connectivity index (χ4n) is 6.16. The van der Waals surface area contributed by atoms with E-state index in [-0.39, 0.29) is 54.2 Å². The number of carbonyl (C=O) groups excluding carboxylic acids is 4. The average molecular weight is 757 g/mol. The van der Waals surface area contributed by atoms with E-state index in [0.29, 0.717) is 11.8 Å². The van der Waals surface area contributed by atoms with Crippen LogP contribution in [0.2, 0.25) is 30.1 Å². The Morgan fingerprint density at radius 2 is 1.00 bits per heavy atom. The van der Waals surface area contributed by atoms with Crippen molar-refractivity contribution in [3.63, 3.8) is 0 Å². The van der Waals surface area contributed by atoms with E-state index >= 15 is 0 Å². The third-order valence-electron chi connectivity index (χ3n) is 8.48. The summed E-state index contributed by atoms with van der Waals surface area (Å²) < 4.78 is 21.5. The molecule has 2 aliphatic carbocycles. The summed E-state index contributed by atoms with van der Waals surface area (Å²) in [4.78, 5) is 52.5. The summed E-state index contributed by atoms with van der Waals surface area (Å²) in [5, 5.41) is -1.47. The predicted molar refractivity (Wildman–Crippen MR) is 177 cm³/mol. The van der Waals surface area contributed by atoms with Crippen molar-refractivity contribution >= 4 is 93.5 Å². The largest absolute Gasteiger partial charge is 0.461 e. The van der Waals surface area contributed by atoms with Crippen molar-refractivity contribution in [1.29, 1.82) is 0 Å². The lowest BCUT2D eigenvalue weighted by Gasteiger charge is -2.24. The molecule has 0 aromatic heterocycles. The summed E-state index contributed by atoms with van der Waals surface area (Å²) >= 11 is 37.5. The Labute approximate surface area is 297 Å². The maximum Gasteiger partial charge on any atom is 0.423 e. The summed E-state index contributed by atoms with van der Waals surface area (Å²) in [6, 6.07) is 2.26. The molecular weight excluding hydrogens is 725 g/mol. The molecule has 4 rings (SSSR count). The summed E-state index contributed by atoms with van der Waals surface area (Å²) in [5.74, 6) is -5.41. The lowest BCUT2D eigenvalue weighted by atomic mass is 9.89. The minimum atomic E-state index is -1.64. The molecule has 2 saturated carbocycles. The van der Waals surface area contributed by atoms with Crippen LogP contribution in [-0.4, -0.2) is 37.1 Å². The van der Waals surface area contributed by atoms with Crippen LogP contribution in [-0.2, 0) is 19.1 Å². The number of hydrogen-bond acceptors (Lipinski definition) is 8. The molecule has 0 saturated heterocycles. The molecule has 0 N–H and O–H groups in total. The minimum absolute atomic E-state index is 0.0684. The van der Waals surface area contributed by atoms with Crippen molar-refractivity contribution < 1.29 is 38.1 Å². The summed E-state index contributed by atoms with van der Waals surface area (Å²) in [6.07, 6.45) is 5.38. The molecule has 8 nitrogen and oxygen atoms in total. The molecular formula is C32H32Cl6O8. The normalized spacial score (nSPS) is 24.0. The number of benzene rings is 2. The van der Waals surface area contributed by atoms with Crippen LogP contribution < -0.4 is 9.47 Å². The zero-order valence-electron chi connectivity index (χ0n) is 25.5. The SMILES string of the molecule is CC1CCC(C)(COC(=O)c2c(Cl)c(Cl)cc(Cl)c2OC(=O)C(=O)Oc2c(Cl)cc(Cl)c(Cl)c2C(=O)OC[C@@]2(C)CCC(C)C2)C1. The van der Waals surface area contributed by atoms with Gasteiger partial charge in [0.15, 0.2) is 11.5 Å². The van der Waals surface area contributed by atoms with Gasteiger partial charge in [0.2, 0.25) is 0 Å². The van der Waals surface area contributed by atoms with E-state index < -0.39 is 46.5 Å².